The molecule has 2 heteroatoms. The van der Waals surface area contributed by atoms with Crippen molar-refractivity contribution in [2.24, 2.45) is 5.73 Å². The fraction of sp³-hybridized carbons (Fsp3) is 0.333. The van der Waals surface area contributed by atoms with Crippen LogP contribution in [0.25, 0.3) is 0 Å². The normalized spacial score (nSPS) is 13.9. The van der Waals surface area contributed by atoms with Gasteiger partial charge < -0.3 is 10.5 Å². The quantitative estimate of drug-likeness (QED) is 0.907. The predicted molar refractivity (Wildman–Crippen MR) is 82.2 cm³/mol. The fourth-order valence-corrected chi connectivity index (χ4v) is 2.85. The lowest BCUT2D eigenvalue weighted by Gasteiger charge is -2.17. The minimum atomic E-state index is 0.569. The van der Waals surface area contributed by atoms with Crippen molar-refractivity contribution in [3.8, 4) is 11.5 Å². The molecule has 2 aromatic rings. The molecule has 0 saturated heterocycles. The van der Waals surface area contributed by atoms with E-state index in [1.54, 1.807) is 0 Å². The number of rotatable bonds is 3. The topological polar surface area (TPSA) is 35.2 Å². The van der Waals surface area contributed by atoms with Gasteiger partial charge in [-0.15, -0.1) is 0 Å². The van der Waals surface area contributed by atoms with Crippen LogP contribution in [0.5, 0.6) is 11.5 Å². The maximum atomic E-state index is 6.03. The first kappa shape index (κ1) is 13.2. The van der Waals surface area contributed by atoms with E-state index in [0.717, 1.165) is 22.6 Å². The van der Waals surface area contributed by atoms with Crippen LogP contribution in [-0.4, -0.2) is 0 Å². The molecule has 1 aliphatic rings. The Morgan fingerprint density at radius 1 is 1.00 bits per heavy atom. The molecule has 2 nitrogen and oxygen atoms in total. The molecule has 2 aromatic carbocycles. The van der Waals surface area contributed by atoms with E-state index in [2.05, 4.69) is 31.2 Å². The van der Waals surface area contributed by atoms with Crippen molar-refractivity contribution < 1.29 is 4.74 Å². The molecule has 2 N–H and O–H groups in total. The minimum Gasteiger partial charge on any atom is -0.457 e. The minimum absolute atomic E-state index is 0.569. The van der Waals surface area contributed by atoms with Gasteiger partial charge in [0.2, 0.25) is 0 Å². The molecule has 0 radical (unpaired) electrons. The van der Waals surface area contributed by atoms with Crippen LogP contribution in [0.1, 0.15) is 35.1 Å². The monoisotopic (exact) mass is 267 g/mol. The number of hydrogen-bond acceptors (Lipinski definition) is 2. The van der Waals surface area contributed by atoms with Crippen molar-refractivity contribution in [1.82, 2.24) is 0 Å². The summed E-state index contributed by atoms with van der Waals surface area (Å²) in [6.07, 6.45) is 4.99. The summed E-state index contributed by atoms with van der Waals surface area (Å²) in [4.78, 5) is 0. The highest BCUT2D eigenvalue weighted by atomic mass is 16.5. The van der Waals surface area contributed by atoms with Crippen LogP contribution >= 0.6 is 0 Å². The van der Waals surface area contributed by atoms with Gasteiger partial charge in [0.15, 0.2) is 0 Å². The van der Waals surface area contributed by atoms with Crippen LogP contribution in [-0.2, 0) is 19.4 Å². The maximum Gasteiger partial charge on any atom is 0.130 e. The molecule has 20 heavy (non-hydrogen) atoms. The van der Waals surface area contributed by atoms with E-state index in [0.29, 0.717) is 6.54 Å². The summed E-state index contributed by atoms with van der Waals surface area (Å²) in [5.41, 5.74) is 10.9. The van der Waals surface area contributed by atoms with Gasteiger partial charge in [0.1, 0.15) is 11.5 Å². The van der Waals surface area contributed by atoms with E-state index in [9.17, 15) is 0 Å². The van der Waals surface area contributed by atoms with Crippen LogP contribution in [0.4, 0.5) is 0 Å². The van der Waals surface area contributed by atoms with Crippen molar-refractivity contribution in [2.45, 2.75) is 39.2 Å². The smallest absolute Gasteiger partial charge is 0.130 e. The molecule has 1 aliphatic carbocycles. The number of hydrogen-bond donors (Lipinski definition) is 1. The van der Waals surface area contributed by atoms with Crippen molar-refractivity contribution in [3.05, 3.63) is 58.7 Å². The first-order valence-corrected chi connectivity index (χ1v) is 7.35. The number of aryl methyl sites for hydroxylation is 3. The van der Waals surface area contributed by atoms with E-state index in [1.165, 1.54) is 36.8 Å². The lowest BCUT2D eigenvalue weighted by Crippen LogP contribution is -2.02. The van der Waals surface area contributed by atoms with Gasteiger partial charge in [-0.25, -0.2) is 0 Å². The zero-order chi connectivity index (χ0) is 13.9. The molecular formula is C18H21NO. The second kappa shape index (κ2) is 5.68. The van der Waals surface area contributed by atoms with Gasteiger partial charge >= 0.3 is 0 Å². The fourth-order valence-electron chi connectivity index (χ4n) is 2.85. The van der Waals surface area contributed by atoms with Gasteiger partial charge in [-0.05, 0) is 73.1 Å². The Morgan fingerprint density at radius 2 is 1.80 bits per heavy atom. The van der Waals surface area contributed by atoms with E-state index in [4.69, 9.17) is 10.5 Å². The molecule has 3 rings (SSSR count). The van der Waals surface area contributed by atoms with E-state index < -0.39 is 0 Å². The molecule has 0 saturated carbocycles. The molecule has 0 fully saturated rings. The predicted octanol–water partition coefficient (Wildman–Crippen LogP) is 4.12. The van der Waals surface area contributed by atoms with E-state index in [1.807, 2.05) is 12.1 Å². The average Bonchev–Trinajstić information content (AvgIpc) is 2.49. The zero-order valence-corrected chi connectivity index (χ0v) is 12.0. The lowest BCUT2D eigenvalue weighted by atomic mass is 9.92. The zero-order valence-electron chi connectivity index (χ0n) is 12.0. The van der Waals surface area contributed by atoms with E-state index in [-0.39, 0.29) is 0 Å². The lowest BCUT2D eigenvalue weighted by molar-refractivity contribution is 0.477. The summed E-state index contributed by atoms with van der Waals surface area (Å²) < 4.78 is 6.03. The first-order chi connectivity index (χ1) is 9.76. The first-order valence-electron chi connectivity index (χ1n) is 7.35. The largest absolute Gasteiger partial charge is 0.457 e. The number of nitrogens with two attached hydrogens (primary N) is 1. The molecule has 0 aliphatic heterocycles. The van der Waals surface area contributed by atoms with Crippen molar-refractivity contribution in [2.75, 3.05) is 0 Å². The van der Waals surface area contributed by atoms with Crippen LogP contribution < -0.4 is 10.5 Å². The standard InChI is InChI=1S/C18H21NO/c1-13-10-14(12-19)6-9-18(13)20-17-8-7-15-4-2-3-5-16(15)11-17/h6-11H,2-5,12,19H2,1H3. The number of benzene rings is 2. The van der Waals surface area contributed by atoms with Gasteiger partial charge in [-0.3, -0.25) is 0 Å². The maximum absolute atomic E-state index is 6.03. The van der Waals surface area contributed by atoms with Crippen LogP contribution in [0.2, 0.25) is 0 Å². The number of fused-ring (bicyclic) bond motifs is 1. The average molecular weight is 267 g/mol. The summed E-state index contributed by atoms with van der Waals surface area (Å²) in [6.45, 7) is 2.63. The summed E-state index contributed by atoms with van der Waals surface area (Å²) in [5, 5.41) is 0. The highest BCUT2D eigenvalue weighted by Crippen LogP contribution is 2.30. The third kappa shape index (κ3) is 2.70. The molecule has 0 aromatic heterocycles. The van der Waals surface area contributed by atoms with E-state index >= 15 is 0 Å². The molecule has 0 amide bonds. The molecule has 104 valence electrons. The Balaban J connectivity index is 1.84. The van der Waals surface area contributed by atoms with Crippen molar-refractivity contribution in [1.29, 1.82) is 0 Å². The molecule has 0 spiro atoms. The Bertz CT molecular complexity index is 619. The highest BCUT2D eigenvalue weighted by Gasteiger charge is 2.10. The second-order valence-corrected chi connectivity index (χ2v) is 5.54. The third-order valence-electron chi connectivity index (χ3n) is 4.02. The molecular weight excluding hydrogens is 246 g/mol. The Morgan fingerprint density at radius 3 is 2.55 bits per heavy atom. The number of ether oxygens (including phenoxy) is 1. The molecule has 0 atom stereocenters. The highest BCUT2D eigenvalue weighted by molar-refractivity contribution is 5.42. The Kier molecular flexibility index (Phi) is 3.75. The summed E-state index contributed by atoms with van der Waals surface area (Å²) in [6, 6.07) is 12.6. The third-order valence-corrected chi connectivity index (χ3v) is 4.02. The summed E-state index contributed by atoms with van der Waals surface area (Å²) >= 11 is 0. The van der Waals surface area contributed by atoms with Crippen LogP contribution in [0, 0.1) is 6.92 Å². The van der Waals surface area contributed by atoms with Crippen LogP contribution in [0.3, 0.4) is 0 Å². The van der Waals surface area contributed by atoms with Crippen molar-refractivity contribution in [3.63, 3.8) is 0 Å². The molecule has 0 unspecified atom stereocenters. The second-order valence-electron chi connectivity index (χ2n) is 5.54. The Hall–Kier alpha value is -1.80. The molecule has 0 heterocycles. The van der Waals surface area contributed by atoms with Crippen LogP contribution in [0.15, 0.2) is 36.4 Å². The van der Waals surface area contributed by atoms with Gasteiger partial charge in [0.25, 0.3) is 0 Å². The van der Waals surface area contributed by atoms with Gasteiger partial charge in [-0.2, -0.15) is 0 Å². The van der Waals surface area contributed by atoms with Gasteiger partial charge in [0, 0.05) is 6.54 Å². The van der Waals surface area contributed by atoms with Gasteiger partial charge in [-0.1, -0.05) is 18.2 Å². The summed E-state index contributed by atoms with van der Waals surface area (Å²) in [5.74, 6) is 1.85. The van der Waals surface area contributed by atoms with Crippen molar-refractivity contribution >= 4 is 0 Å². The van der Waals surface area contributed by atoms with Gasteiger partial charge in [0.05, 0.1) is 0 Å². The Labute approximate surface area is 120 Å². The molecule has 0 bridgehead atoms. The summed E-state index contributed by atoms with van der Waals surface area (Å²) in [7, 11) is 0. The SMILES string of the molecule is Cc1cc(CN)ccc1Oc1ccc2c(c1)CCCC2.